The molecule has 0 atom stereocenters. The minimum atomic E-state index is -0.321. The number of carbonyl (C=O) groups is 1. The van der Waals surface area contributed by atoms with Gasteiger partial charge < -0.3 is 19.2 Å². The predicted molar refractivity (Wildman–Crippen MR) is 94.5 cm³/mol. The highest BCUT2D eigenvalue weighted by Crippen LogP contribution is 2.20. The summed E-state index contributed by atoms with van der Waals surface area (Å²) < 4.78 is 17.2. The number of methoxy groups -OCH3 is 1. The number of hydrogen-bond donors (Lipinski definition) is 1. The van der Waals surface area contributed by atoms with E-state index in [0.29, 0.717) is 38.7 Å². The SMILES string of the molecule is COCCn1cnc2oc(C)c(C(=O)NCCN3CCOCC3)c2c1=O. The topological polar surface area (TPSA) is 98.8 Å². The van der Waals surface area contributed by atoms with Crippen LogP contribution in [-0.4, -0.2) is 73.5 Å². The van der Waals surface area contributed by atoms with Crippen molar-refractivity contribution in [3.63, 3.8) is 0 Å². The molecule has 0 saturated carbocycles. The fourth-order valence-electron chi connectivity index (χ4n) is 3.00. The fourth-order valence-corrected chi connectivity index (χ4v) is 3.00. The van der Waals surface area contributed by atoms with Gasteiger partial charge in [-0.25, -0.2) is 4.98 Å². The molecule has 2 aromatic heterocycles. The molecule has 3 heterocycles. The third kappa shape index (κ3) is 3.95. The van der Waals surface area contributed by atoms with Crippen LogP contribution in [0.15, 0.2) is 15.5 Å². The van der Waals surface area contributed by atoms with Crippen molar-refractivity contribution >= 4 is 17.0 Å². The van der Waals surface area contributed by atoms with Crippen molar-refractivity contribution in [3.05, 3.63) is 28.0 Å². The molecule has 0 unspecified atom stereocenters. The van der Waals surface area contributed by atoms with Crippen LogP contribution in [0.3, 0.4) is 0 Å². The fraction of sp³-hybridized carbons (Fsp3) is 0.588. The standard InChI is InChI=1S/C17H24N4O5/c1-12-13(15(22)18-3-4-20-5-9-25-10-6-20)14-16(26-12)19-11-21(17(14)23)7-8-24-2/h11H,3-10H2,1-2H3,(H,18,22). The number of morpholine rings is 1. The third-order valence-electron chi connectivity index (χ3n) is 4.44. The van der Waals surface area contributed by atoms with E-state index in [0.717, 1.165) is 19.6 Å². The second-order valence-electron chi connectivity index (χ2n) is 6.16. The number of ether oxygens (including phenoxy) is 2. The van der Waals surface area contributed by atoms with Gasteiger partial charge in [0, 0.05) is 33.3 Å². The van der Waals surface area contributed by atoms with Gasteiger partial charge in [0.25, 0.3) is 11.5 Å². The van der Waals surface area contributed by atoms with Crippen LogP contribution >= 0.6 is 0 Å². The lowest BCUT2D eigenvalue weighted by Crippen LogP contribution is -2.41. The lowest BCUT2D eigenvalue weighted by Gasteiger charge is -2.26. The van der Waals surface area contributed by atoms with Gasteiger partial charge in [0.2, 0.25) is 5.71 Å². The van der Waals surface area contributed by atoms with Crippen molar-refractivity contribution in [2.24, 2.45) is 0 Å². The number of aryl methyl sites for hydroxylation is 1. The third-order valence-corrected chi connectivity index (χ3v) is 4.44. The molecule has 9 nitrogen and oxygen atoms in total. The second kappa shape index (κ2) is 8.43. The van der Waals surface area contributed by atoms with Crippen LogP contribution in [0, 0.1) is 6.92 Å². The Labute approximate surface area is 150 Å². The van der Waals surface area contributed by atoms with Crippen LogP contribution in [-0.2, 0) is 16.0 Å². The maximum atomic E-state index is 12.7. The van der Waals surface area contributed by atoms with E-state index in [2.05, 4.69) is 15.2 Å². The van der Waals surface area contributed by atoms with Gasteiger partial charge in [-0.05, 0) is 6.92 Å². The first-order valence-corrected chi connectivity index (χ1v) is 8.67. The van der Waals surface area contributed by atoms with E-state index in [-0.39, 0.29) is 28.1 Å². The summed E-state index contributed by atoms with van der Waals surface area (Å²) in [6.45, 7) is 6.78. The first kappa shape index (κ1) is 18.6. The average molecular weight is 364 g/mol. The number of hydrogen-bond acceptors (Lipinski definition) is 7. The van der Waals surface area contributed by atoms with E-state index >= 15 is 0 Å². The number of nitrogens with one attached hydrogen (secondary N) is 1. The number of carbonyl (C=O) groups excluding carboxylic acids is 1. The number of furan rings is 1. The molecule has 0 radical (unpaired) electrons. The van der Waals surface area contributed by atoms with Gasteiger partial charge in [-0.1, -0.05) is 0 Å². The first-order chi connectivity index (χ1) is 12.6. The summed E-state index contributed by atoms with van der Waals surface area (Å²) in [5.41, 5.74) is 0.132. The Balaban J connectivity index is 1.76. The Morgan fingerprint density at radius 2 is 2.12 bits per heavy atom. The molecule has 3 rings (SSSR count). The van der Waals surface area contributed by atoms with Gasteiger partial charge in [-0.3, -0.25) is 19.1 Å². The molecule has 1 N–H and O–H groups in total. The molecule has 0 bridgehead atoms. The minimum Gasteiger partial charge on any atom is -0.442 e. The highest BCUT2D eigenvalue weighted by Gasteiger charge is 2.23. The molecule has 26 heavy (non-hydrogen) atoms. The van der Waals surface area contributed by atoms with Crippen molar-refractivity contribution in [2.75, 3.05) is 53.1 Å². The van der Waals surface area contributed by atoms with Crippen LogP contribution in [0.4, 0.5) is 0 Å². The van der Waals surface area contributed by atoms with Crippen molar-refractivity contribution < 1.29 is 18.7 Å². The maximum absolute atomic E-state index is 12.7. The molecule has 0 aliphatic carbocycles. The normalized spacial score (nSPS) is 15.5. The predicted octanol–water partition coefficient (Wildman–Crippen LogP) is 0.00632. The molecular formula is C17H24N4O5. The van der Waals surface area contributed by atoms with Gasteiger partial charge in [-0.2, -0.15) is 0 Å². The number of fused-ring (bicyclic) bond motifs is 1. The van der Waals surface area contributed by atoms with Gasteiger partial charge >= 0.3 is 0 Å². The summed E-state index contributed by atoms with van der Waals surface area (Å²) in [7, 11) is 1.56. The van der Waals surface area contributed by atoms with E-state index in [1.54, 1.807) is 14.0 Å². The smallest absolute Gasteiger partial charge is 0.265 e. The molecule has 9 heteroatoms. The van der Waals surface area contributed by atoms with Gasteiger partial charge in [-0.15, -0.1) is 0 Å². The number of rotatable bonds is 7. The van der Waals surface area contributed by atoms with Crippen molar-refractivity contribution in [3.8, 4) is 0 Å². The molecule has 0 spiro atoms. The Bertz CT molecular complexity index is 822. The molecular weight excluding hydrogens is 340 g/mol. The Hall–Kier alpha value is -2.23. The summed E-state index contributed by atoms with van der Waals surface area (Å²) in [5.74, 6) is 0.0656. The quantitative estimate of drug-likeness (QED) is 0.739. The van der Waals surface area contributed by atoms with E-state index in [1.807, 2.05) is 0 Å². The minimum absolute atomic E-state index is 0.180. The maximum Gasteiger partial charge on any atom is 0.265 e. The highest BCUT2D eigenvalue weighted by atomic mass is 16.5. The molecule has 0 aromatic carbocycles. The molecule has 2 aromatic rings. The monoisotopic (exact) mass is 364 g/mol. The van der Waals surface area contributed by atoms with Crippen molar-refractivity contribution in [1.29, 1.82) is 0 Å². The van der Waals surface area contributed by atoms with Crippen LogP contribution in [0.25, 0.3) is 11.1 Å². The average Bonchev–Trinajstić information content (AvgIpc) is 2.99. The molecule has 142 valence electrons. The second-order valence-corrected chi connectivity index (χ2v) is 6.16. The molecule has 1 amide bonds. The molecule has 1 saturated heterocycles. The van der Waals surface area contributed by atoms with Crippen molar-refractivity contribution in [2.45, 2.75) is 13.5 Å². The molecule has 1 fully saturated rings. The van der Waals surface area contributed by atoms with Crippen LogP contribution in [0.5, 0.6) is 0 Å². The van der Waals surface area contributed by atoms with Crippen LogP contribution < -0.4 is 10.9 Å². The van der Waals surface area contributed by atoms with E-state index in [1.165, 1.54) is 10.9 Å². The molecule has 1 aliphatic heterocycles. The van der Waals surface area contributed by atoms with E-state index < -0.39 is 0 Å². The van der Waals surface area contributed by atoms with Crippen LogP contribution in [0.1, 0.15) is 16.1 Å². The highest BCUT2D eigenvalue weighted by molar-refractivity contribution is 6.06. The Morgan fingerprint density at radius 1 is 1.35 bits per heavy atom. The Morgan fingerprint density at radius 3 is 2.85 bits per heavy atom. The zero-order valence-corrected chi connectivity index (χ0v) is 15.1. The van der Waals surface area contributed by atoms with E-state index in [4.69, 9.17) is 13.9 Å². The lowest BCUT2D eigenvalue weighted by molar-refractivity contribution is 0.0383. The van der Waals surface area contributed by atoms with E-state index in [9.17, 15) is 9.59 Å². The number of aromatic nitrogens is 2. The summed E-state index contributed by atoms with van der Waals surface area (Å²) in [4.78, 5) is 31.7. The van der Waals surface area contributed by atoms with Gasteiger partial charge in [0.15, 0.2) is 0 Å². The summed E-state index contributed by atoms with van der Waals surface area (Å²) in [6.07, 6.45) is 1.41. The summed E-state index contributed by atoms with van der Waals surface area (Å²) in [5, 5.41) is 3.09. The molecule has 1 aliphatic rings. The zero-order chi connectivity index (χ0) is 18.5. The first-order valence-electron chi connectivity index (χ1n) is 8.67. The van der Waals surface area contributed by atoms with Crippen molar-refractivity contribution in [1.82, 2.24) is 19.8 Å². The zero-order valence-electron chi connectivity index (χ0n) is 15.1. The number of nitrogens with zero attached hydrogens (tertiary/aromatic N) is 3. The number of amides is 1. The van der Waals surface area contributed by atoms with Gasteiger partial charge in [0.05, 0.1) is 31.9 Å². The Kier molecular flexibility index (Phi) is 6.02. The lowest BCUT2D eigenvalue weighted by atomic mass is 10.2. The van der Waals surface area contributed by atoms with Crippen LogP contribution in [0.2, 0.25) is 0 Å². The largest absolute Gasteiger partial charge is 0.442 e. The summed E-state index contributed by atoms with van der Waals surface area (Å²) in [6, 6.07) is 0. The van der Waals surface area contributed by atoms with Gasteiger partial charge in [0.1, 0.15) is 17.5 Å². The summed E-state index contributed by atoms with van der Waals surface area (Å²) >= 11 is 0.